The fraction of sp³-hybridized carbons (Fsp3) is 1.00. The van der Waals surface area contributed by atoms with Crippen LogP contribution in [0.2, 0.25) is 0 Å². The summed E-state index contributed by atoms with van der Waals surface area (Å²) < 4.78 is 28.5. The molecule has 1 saturated carbocycles. The van der Waals surface area contributed by atoms with Gasteiger partial charge in [-0.25, -0.2) is 8.42 Å². The molecule has 1 rings (SSSR count). The molecule has 0 aromatic heterocycles. The molecule has 1 aliphatic rings. The second-order valence-electron chi connectivity index (χ2n) is 4.38. The Morgan fingerprint density at radius 2 is 1.80 bits per heavy atom. The van der Waals surface area contributed by atoms with Gasteiger partial charge in [-0.15, -0.1) is 0 Å². The molecule has 0 aromatic rings. The molecule has 1 aliphatic carbocycles. The summed E-state index contributed by atoms with van der Waals surface area (Å²) in [5, 5.41) is -0.524. The predicted molar refractivity (Wildman–Crippen MR) is 61.7 cm³/mol. The monoisotopic (exact) mass is 254 g/mol. The Morgan fingerprint density at radius 3 is 2.33 bits per heavy atom. The molecule has 5 heteroatoms. The smallest absolute Gasteiger partial charge is 0.238 e. The summed E-state index contributed by atoms with van der Waals surface area (Å²) in [6.45, 7) is 3.84. The Labute approximate surface area is 96.6 Å². The average molecular weight is 255 g/mol. The summed E-state index contributed by atoms with van der Waals surface area (Å²) in [5.74, 6) is 0. The highest BCUT2D eigenvalue weighted by atomic mass is 35.7. The standard InChI is InChI=1S/C10H19ClO3S/c1-8(2)14-9-6-4-3-5-7-10(9)15(11,12)13/h8-10H,3-7H2,1-2H3/t9-,10+/m0/s1. The lowest BCUT2D eigenvalue weighted by Crippen LogP contribution is -2.34. The second kappa shape index (κ2) is 5.51. The zero-order chi connectivity index (χ0) is 11.5. The van der Waals surface area contributed by atoms with Crippen LogP contribution in [-0.2, 0) is 13.8 Å². The summed E-state index contributed by atoms with van der Waals surface area (Å²) in [7, 11) is 1.96. The maximum Gasteiger partial charge on any atom is 0.238 e. The number of hydrogen-bond donors (Lipinski definition) is 0. The molecule has 0 heterocycles. The van der Waals surface area contributed by atoms with Crippen molar-refractivity contribution in [2.45, 2.75) is 63.4 Å². The van der Waals surface area contributed by atoms with Crippen LogP contribution in [0.15, 0.2) is 0 Å². The number of halogens is 1. The molecule has 0 bridgehead atoms. The second-order valence-corrected chi connectivity index (χ2v) is 7.22. The minimum absolute atomic E-state index is 0.0500. The summed E-state index contributed by atoms with van der Waals surface area (Å²) in [6, 6.07) is 0. The van der Waals surface area contributed by atoms with Crippen molar-refractivity contribution < 1.29 is 13.2 Å². The predicted octanol–water partition coefficient (Wildman–Crippen LogP) is 2.68. The van der Waals surface area contributed by atoms with Crippen molar-refractivity contribution in [3.8, 4) is 0 Å². The molecule has 0 saturated heterocycles. The number of ether oxygens (including phenoxy) is 1. The first-order chi connectivity index (χ1) is 6.91. The van der Waals surface area contributed by atoms with Crippen molar-refractivity contribution in [2.75, 3.05) is 0 Å². The Hall–Kier alpha value is 0.200. The van der Waals surface area contributed by atoms with Gasteiger partial charge >= 0.3 is 0 Å². The van der Waals surface area contributed by atoms with Gasteiger partial charge in [0, 0.05) is 10.7 Å². The highest BCUT2D eigenvalue weighted by Crippen LogP contribution is 2.28. The maximum absolute atomic E-state index is 11.4. The number of hydrogen-bond acceptors (Lipinski definition) is 3. The van der Waals surface area contributed by atoms with Crippen molar-refractivity contribution in [3.05, 3.63) is 0 Å². The van der Waals surface area contributed by atoms with Crippen molar-refractivity contribution in [1.29, 1.82) is 0 Å². The van der Waals surface area contributed by atoms with E-state index in [-0.39, 0.29) is 12.2 Å². The Kier molecular flexibility index (Phi) is 4.87. The van der Waals surface area contributed by atoms with E-state index in [0.717, 1.165) is 25.7 Å². The lowest BCUT2D eigenvalue weighted by Gasteiger charge is -2.24. The third-order valence-electron chi connectivity index (χ3n) is 2.70. The van der Waals surface area contributed by atoms with Crippen LogP contribution in [0.3, 0.4) is 0 Å². The maximum atomic E-state index is 11.4. The van der Waals surface area contributed by atoms with Gasteiger partial charge in [-0.05, 0) is 26.7 Å². The van der Waals surface area contributed by atoms with Gasteiger partial charge in [0.25, 0.3) is 0 Å². The molecule has 90 valence electrons. The molecule has 0 aliphatic heterocycles. The minimum Gasteiger partial charge on any atom is -0.374 e. The molecule has 0 N–H and O–H groups in total. The van der Waals surface area contributed by atoms with E-state index >= 15 is 0 Å². The van der Waals surface area contributed by atoms with E-state index < -0.39 is 14.3 Å². The highest BCUT2D eigenvalue weighted by Gasteiger charge is 2.34. The van der Waals surface area contributed by atoms with Crippen LogP contribution >= 0.6 is 10.7 Å². The van der Waals surface area contributed by atoms with Gasteiger partial charge in [-0.3, -0.25) is 0 Å². The molecule has 0 spiro atoms. The molecule has 0 radical (unpaired) electrons. The Balaban J connectivity index is 2.76. The summed E-state index contributed by atoms with van der Waals surface area (Å²) in [6.07, 6.45) is 4.28. The lowest BCUT2D eigenvalue weighted by molar-refractivity contribution is 0.00241. The van der Waals surface area contributed by atoms with Gasteiger partial charge in [0.2, 0.25) is 9.05 Å². The number of rotatable bonds is 3. The first kappa shape index (κ1) is 13.3. The van der Waals surface area contributed by atoms with E-state index in [9.17, 15) is 8.42 Å². The van der Waals surface area contributed by atoms with Crippen LogP contribution in [0.4, 0.5) is 0 Å². The summed E-state index contributed by atoms with van der Waals surface area (Å²) in [4.78, 5) is 0. The third-order valence-corrected chi connectivity index (χ3v) is 4.65. The normalized spacial score (nSPS) is 29.1. The minimum atomic E-state index is -3.50. The molecule has 0 unspecified atom stereocenters. The van der Waals surface area contributed by atoms with Crippen molar-refractivity contribution in [2.24, 2.45) is 0 Å². The fourth-order valence-electron chi connectivity index (χ4n) is 2.07. The molecular formula is C10H19ClO3S. The van der Waals surface area contributed by atoms with E-state index in [2.05, 4.69) is 0 Å². The van der Waals surface area contributed by atoms with Crippen LogP contribution in [-0.4, -0.2) is 25.9 Å². The first-order valence-corrected chi connectivity index (χ1v) is 7.87. The van der Waals surface area contributed by atoms with Gasteiger partial charge in [0.1, 0.15) is 5.25 Å². The van der Waals surface area contributed by atoms with Crippen LogP contribution in [0.25, 0.3) is 0 Å². The van der Waals surface area contributed by atoms with E-state index in [1.54, 1.807) is 0 Å². The molecule has 0 aromatic carbocycles. The van der Waals surface area contributed by atoms with Crippen molar-refractivity contribution in [1.82, 2.24) is 0 Å². The summed E-state index contributed by atoms with van der Waals surface area (Å²) >= 11 is 0. The topological polar surface area (TPSA) is 43.4 Å². The van der Waals surface area contributed by atoms with Gasteiger partial charge in [-0.2, -0.15) is 0 Å². The zero-order valence-electron chi connectivity index (χ0n) is 9.28. The first-order valence-electron chi connectivity index (χ1n) is 5.50. The van der Waals surface area contributed by atoms with E-state index in [1.165, 1.54) is 0 Å². The van der Waals surface area contributed by atoms with E-state index in [0.29, 0.717) is 6.42 Å². The quantitative estimate of drug-likeness (QED) is 0.575. The van der Waals surface area contributed by atoms with Gasteiger partial charge in [-0.1, -0.05) is 19.3 Å². The molecule has 15 heavy (non-hydrogen) atoms. The summed E-state index contributed by atoms with van der Waals surface area (Å²) in [5.41, 5.74) is 0. The SMILES string of the molecule is CC(C)O[C@H]1CCCCC[C@H]1S(=O)(=O)Cl. The molecule has 0 amide bonds. The van der Waals surface area contributed by atoms with Gasteiger partial charge < -0.3 is 4.74 Å². The van der Waals surface area contributed by atoms with Crippen LogP contribution in [0, 0.1) is 0 Å². The van der Waals surface area contributed by atoms with Gasteiger partial charge in [0.05, 0.1) is 12.2 Å². The largest absolute Gasteiger partial charge is 0.374 e. The van der Waals surface area contributed by atoms with E-state index in [1.807, 2.05) is 13.8 Å². The van der Waals surface area contributed by atoms with E-state index in [4.69, 9.17) is 15.4 Å². The average Bonchev–Trinajstić information content (AvgIpc) is 2.27. The molecular weight excluding hydrogens is 236 g/mol. The van der Waals surface area contributed by atoms with Gasteiger partial charge in [0.15, 0.2) is 0 Å². The molecule has 3 nitrogen and oxygen atoms in total. The molecule has 2 atom stereocenters. The molecule has 1 fully saturated rings. The highest BCUT2D eigenvalue weighted by molar-refractivity contribution is 8.14. The lowest BCUT2D eigenvalue weighted by atomic mass is 10.1. The van der Waals surface area contributed by atoms with Crippen LogP contribution < -0.4 is 0 Å². The Morgan fingerprint density at radius 1 is 1.20 bits per heavy atom. The fourth-order valence-corrected chi connectivity index (χ4v) is 3.69. The van der Waals surface area contributed by atoms with Crippen molar-refractivity contribution in [3.63, 3.8) is 0 Å². The van der Waals surface area contributed by atoms with Crippen LogP contribution in [0.5, 0.6) is 0 Å². The third kappa shape index (κ3) is 4.29. The Bertz CT molecular complexity index is 287. The van der Waals surface area contributed by atoms with Crippen LogP contribution in [0.1, 0.15) is 46.0 Å². The van der Waals surface area contributed by atoms with Crippen molar-refractivity contribution >= 4 is 19.7 Å². The zero-order valence-corrected chi connectivity index (χ0v) is 10.9.